The average Bonchev–Trinajstić information content (AvgIpc) is 2.85. The van der Waals surface area contributed by atoms with E-state index in [1.165, 1.54) is 17.7 Å². The van der Waals surface area contributed by atoms with Gasteiger partial charge in [0.2, 0.25) is 5.91 Å². The van der Waals surface area contributed by atoms with Crippen LogP contribution in [0.4, 0.5) is 0 Å². The Balaban J connectivity index is 1.57. The molecule has 1 aliphatic carbocycles. The summed E-state index contributed by atoms with van der Waals surface area (Å²) in [6.45, 7) is 0.834. The van der Waals surface area contributed by atoms with E-state index in [9.17, 15) is 4.79 Å². The minimum absolute atomic E-state index is 0.0879. The summed E-state index contributed by atoms with van der Waals surface area (Å²) in [5.74, 6) is 0.816. The number of carbonyl (C=O) groups is 1. The van der Waals surface area contributed by atoms with Gasteiger partial charge in [-0.05, 0) is 30.2 Å². The highest BCUT2D eigenvalue weighted by Crippen LogP contribution is 2.28. The number of thiazole rings is 1. The second-order valence-electron chi connectivity index (χ2n) is 4.55. The quantitative estimate of drug-likeness (QED) is 0.913. The Kier molecular flexibility index (Phi) is 3.43. The lowest BCUT2D eigenvalue weighted by Crippen LogP contribution is -2.27. The summed E-state index contributed by atoms with van der Waals surface area (Å²) in [5, 5.41) is 7.99. The maximum absolute atomic E-state index is 11.7. The van der Waals surface area contributed by atoms with Crippen LogP contribution in [0.15, 0.2) is 22.9 Å². The number of rotatable bonds is 5. The predicted octanol–water partition coefficient (Wildman–Crippen LogP) is 2.94. The van der Waals surface area contributed by atoms with Gasteiger partial charge in [-0.2, -0.15) is 0 Å². The molecule has 0 atom stereocenters. The molecule has 1 fully saturated rings. The normalized spacial score (nSPS) is 14.7. The summed E-state index contributed by atoms with van der Waals surface area (Å²) in [6, 6.07) is 4.07. The van der Waals surface area contributed by atoms with Crippen LogP contribution in [-0.4, -0.2) is 17.4 Å². The van der Waals surface area contributed by atoms with Crippen LogP contribution in [0, 0.1) is 5.92 Å². The second-order valence-corrected chi connectivity index (χ2v) is 6.35. The third-order valence-corrected chi connectivity index (χ3v) is 4.84. The molecular weight excluding hydrogens is 264 g/mol. The van der Waals surface area contributed by atoms with Gasteiger partial charge in [0.15, 0.2) is 0 Å². The van der Waals surface area contributed by atoms with Crippen LogP contribution < -0.4 is 5.32 Å². The van der Waals surface area contributed by atoms with E-state index in [1.54, 1.807) is 22.7 Å². The van der Waals surface area contributed by atoms with E-state index >= 15 is 0 Å². The number of amides is 1. The first-order chi connectivity index (χ1) is 8.81. The topological polar surface area (TPSA) is 42.0 Å². The van der Waals surface area contributed by atoms with Crippen LogP contribution in [0.25, 0.3) is 9.88 Å². The zero-order valence-corrected chi connectivity index (χ0v) is 11.5. The van der Waals surface area contributed by atoms with Gasteiger partial charge in [0, 0.05) is 11.9 Å². The maximum atomic E-state index is 11.7. The molecule has 18 heavy (non-hydrogen) atoms. The van der Waals surface area contributed by atoms with Gasteiger partial charge < -0.3 is 5.32 Å². The fraction of sp³-hybridized carbons (Fsp3) is 0.385. The molecule has 0 unspecified atom stereocenters. The number of thiophene rings is 1. The molecule has 3 nitrogen and oxygen atoms in total. The molecule has 1 aliphatic rings. The van der Waals surface area contributed by atoms with Crippen molar-refractivity contribution in [2.45, 2.75) is 19.3 Å². The largest absolute Gasteiger partial charge is 0.355 e. The molecule has 5 heteroatoms. The minimum Gasteiger partial charge on any atom is -0.355 e. The van der Waals surface area contributed by atoms with E-state index < -0.39 is 0 Å². The highest BCUT2D eigenvalue weighted by molar-refractivity contribution is 7.20. The molecule has 0 saturated heterocycles. The predicted molar refractivity (Wildman–Crippen MR) is 74.9 cm³/mol. The van der Waals surface area contributed by atoms with Crippen LogP contribution in [0.5, 0.6) is 0 Å². The summed E-state index contributed by atoms with van der Waals surface area (Å²) in [4.78, 5) is 17.4. The third kappa shape index (κ3) is 2.97. The fourth-order valence-electron chi connectivity index (χ4n) is 1.71. The Morgan fingerprint density at radius 3 is 3.06 bits per heavy atom. The van der Waals surface area contributed by atoms with Crippen LogP contribution in [-0.2, 0) is 11.2 Å². The van der Waals surface area contributed by atoms with Crippen LogP contribution >= 0.6 is 22.7 Å². The van der Waals surface area contributed by atoms with Gasteiger partial charge in [0.25, 0.3) is 0 Å². The first-order valence-electron chi connectivity index (χ1n) is 6.06. The Bertz CT molecular complexity index is 529. The molecule has 3 rings (SSSR count). The number of hydrogen-bond acceptors (Lipinski definition) is 4. The van der Waals surface area contributed by atoms with Crippen molar-refractivity contribution >= 4 is 28.6 Å². The van der Waals surface area contributed by atoms with Crippen molar-refractivity contribution in [2.24, 2.45) is 5.92 Å². The number of nitrogens with zero attached hydrogens (tertiary/aromatic N) is 1. The molecule has 1 saturated carbocycles. The lowest BCUT2D eigenvalue weighted by molar-refractivity contribution is -0.120. The summed E-state index contributed by atoms with van der Waals surface area (Å²) >= 11 is 3.28. The van der Waals surface area contributed by atoms with Gasteiger partial charge in [-0.3, -0.25) is 4.79 Å². The first-order valence-corrected chi connectivity index (χ1v) is 7.82. The van der Waals surface area contributed by atoms with Gasteiger partial charge in [0.1, 0.15) is 5.01 Å². The van der Waals surface area contributed by atoms with E-state index in [0.29, 0.717) is 6.42 Å². The van der Waals surface area contributed by atoms with E-state index in [-0.39, 0.29) is 5.91 Å². The Labute approximate surface area is 114 Å². The van der Waals surface area contributed by atoms with E-state index in [0.717, 1.165) is 23.2 Å². The highest BCUT2D eigenvalue weighted by atomic mass is 32.1. The summed E-state index contributed by atoms with van der Waals surface area (Å²) in [7, 11) is 0. The number of aromatic nitrogens is 1. The monoisotopic (exact) mass is 278 g/mol. The zero-order valence-electron chi connectivity index (χ0n) is 9.89. The smallest absolute Gasteiger partial charge is 0.226 e. The molecule has 0 radical (unpaired) electrons. The molecule has 94 valence electrons. The van der Waals surface area contributed by atoms with Crippen molar-refractivity contribution in [3.63, 3.8) is 0 Å². The summed E-state index contributed by atoms with van der Waals surface area (Å²) in [6.07, 6.45) is 2.92. The Hall–Kier alpha value is -1.20. The van der Waals surface area contributed by atoms with Crippen LogP contribution in [0.3, 0.4) is 0 Å². The van der Waals surface area contributed by atoms with Crippen molar-refractivity contribution in [3.05, 3.63) is 28.6 Å². The minimum atomic E-state index is 0.0879. The van der Waals surface area contributed by atoms with E-state index in [2.05, 4.69) is 16.4 Å². The highest BCUT2D eigenvalue weighted by Gasteiger charge is 2.21. The molecule has 1 amide bonds. The average molecular weight is 278 g/mol. The molecule has 0 spiro atoms. The molecule has 2 heterocycles. The van der Waals surface area contributed by atoms with Crippen LogP contribution in [0.1, 0.15) is 18.5 Å². The number of hydrogen-bond donors (Lipinski definition) is 1. The lowest BCUT2D eigenvalue weighted by atomic mass is 10.3. The van der Waals surface area contributed by atoms with Crippen molar-refractivity contribution in [2.75, 3.05) is 6.54 Å². The standard InChI is InChI=1S/C13H14N2OS2/c16-12(14-7-9-3-4-9)6-10-8-18-13(15-10)11-2-1-5-17-11/h1-2,5,8-9H,3-4,6-7H2,(H,14,16). The van der Waals surface area contributed by atoms with Gasteiger partial charge in [-0.1, -0.05) is 6.07 Å². The van der Waals surface area contributed by atoms with Gasteiger partial charge in [-0.25, -0.2) is 4.98 Å². The van der Waals surface area contributed by atoms with Gasteiger partial charge >= 0.3 is 0 Å². The van der Waals surface area contributed by atoms with Crippen molar-refractivity contribution in [3.8, 4) is 9.88 Å². The van der Waals surface area contributed by atoms with Crippen molar-refractivity contribution in [1.29, 1.82) is 0 Å². The maximum Gasteiger partial charge on any atom is 0.226 e. The SMILES string of the molecule is O=C(Cc1csc(-c2cccs2)n1)NCC1CC1. The summed E-state index contributed by atoms with van der Waals surface area (Å²) in [5.41, 5.74) is 0.872. The molecule has 2 aromatic heterocycles. The molecule has 1 N–H and O–H groups in total. The zero-order chi connectivity index (χ0) is 12.4. The van der Waals surface area contributed by atoms with Gasteiger partial charge in [0.05, 0.1) is 17.0 Å². The molecule has 2 aromatic rings. The molecule has 0 bridgehead atoms. The Morgan fingerprint density at radius 2 is 2.33 bits per heavy atom. The third-order valence-electron chi connectivity index (χ3n) is 2.91. The fourth-order valence-corrected chi connectivity index (χ4v) is 3.34. The number of carbonyl (C=O) groups excluding carboxylic acids is 1. The van der Waals surface area contributed by atoms with E-state index in [4.69, 9.17) is 0 Å². The number of nitrogens with one attached hydrogen (secondary N) is 1. The Morgan fingerprint density at radius 1 is 1.44 bits per heavy atom. The molecule has 0 aliphatic heterocycles. The van der Waals surface area contributed by atoms with Crippen LogP contribution in [0.2, 0.25) is 0 Å². The van der Waals surface area contributed by atoms with Crippen molar-refractivity contribution < 1.29 is 4.79 Å². The van der Waals surface area contributed by atoms with Crippen molar-refractivity contribution in [1.82, 2.24) is 10.3 Å². The second kappa shape index (κ2) is 5.20. The lowest BCUT2D eigenvalue weighted by Gasteiger charge is -2.01. The van der Waals surface area contributed by atoms with Gasteiger partial charge in [-0.15, -0.1) is 22.7 Å². The summed E-state index contributed by atoms with van der Waals surface area (Å²) < 4.78 is 0. The van der Waals surface area contributed by atoms with E-state index in [1.807, 2.05) is 16.8 Å². The molecular formula is C13H14N2OS2. The molecule has 0 aromatic carbocycles. The first kappa shape index (κ1) is 11.9.